The minimum absolute atomic E-state index is 0.161. The number of rotatable bonds is 4. The fourth-order valence-electron chi connectivity index (χ4n) is 2.09. The zero-order valence-corrected chi connectivity index (χ0v) is 12.1. The van der Waals surface area contributed by atoms with E-state index in [1.54, 1.807) is 12.3 Å². The van der Waals surface area contributed by atoms with Crippen molar-refractivity contribution in [2.75, 3.05) is 12.3 Å². The second-order valence-corrected chi connectivity index (χ2v) is 5.59. The Morgan fingerprint density at radius 2 is 2.05 bits per heavy atom. The van der Waals surface area contributed by atoms with Crippen molar-refractivity contribution >= 4 is 33.1 Å². The number of anilines is 1. The van der Waals surface area contributed by atoms with Gasteiger partial charge in [0.25, 0.3) is 5.91 Å². The van der Waals surface area contributed by atoms with Crippen LogP contribution >= 0.6 is 11.3 Å². The van der Waals surface area contributed by atoms with E-state index in [0.717, 1.165) is 11.8 Å². The lowest BCUT2D eigenvalue weighted by atomic mass is 10.1. The van der Waals surface area contributed by atoms with E-state index in [-0.39, 0.29) is 5.91 Å². The van der Waals surface area contributed by atoms with E-state index < -0.39 is 0 Å². The standard InChI is InChI=1S/C15H14N4OS/c16-12-11-7-9-18-19-15(11)21-13(12)14(20)17-8-6-10-4-2-1-3-5-10/h1-5,7,9H,6,8,16H2,(H,17,20). The maximum atomic E-state index is 12.2. The van der Waals surface area contributed by atoms with Crippen LogP contribution in [0.15, 0.2) is 42.6 Å². The van der Waals surface area contributed by atoms with Gasteiger partial charge in [-0.1, -0.05) is 30.3 Å². The number of nitrogens with one attached hydrogen (secondary N) is 1. The number of carbonyl (C=O) groups excluding carboxylic acids is 1. The highest BCUT2D eigenvalue weighted by Gasteiger charge is 2.16. The number of nitrogens with two attached hydrogens (primary N) is 1. The van der Waals surface area contributed by atoms with E-state index >= 15 is 0 Å². The molecule has 0 spiro atoms. The number of amides is 1. The fraction of sp³-hybridized carbons (Fsp3) is 0.133. The highest BCUT2D eigenvalue weighted by molar-refractivity contribution is 7.21. The highest BCUT2D eigenvalue weighted by Crippen LogP contribution is 2.31. The number of hydrogen-bond donors (Lipinski definition) is 2. The number of nitrogens with zero attached hydrogens (tertiary/aromatic N) is 2. The molecule has 2 heterocycles. The molecule has 0 aliphatic carbocycles. The zero-order valence-electron chi connectivity index (χ0n) is 11.2. The highest BCUT2D eigenvalue weighted by atomic mass is 32.1. The molecule has 3 rings (SSSR count). The lowest BCUT2D eigenvalue weighted by Crippen LogP contribution is -2.25. The molecule has 6 heteroatoms. The third-order valence-electron chi connectivity index (χ3n) is 3.17. The van der Waals surface area contributed by atoms with Gasteiger partial charge in [-0.15, -0.1) is 16.4 Å². The maximum absolute atomic E-state index is 12.2. The summed E-state index contributed by atoms with van der Waals surface area (Å²) in [6.07, 6.45) is 2.36. The summed E-state index contributed by atoms with van der Waals surface area (Å²) in [4.78, 5) is 13.4. The Morgan fingerprint density at radius 1 is 1.24 bits per heavy atom. The van der Waals surface area contributed by atoms with Crippen LogP contribution in [0.3, 0.4) is 0 Å². The molecule has 0 radical (unpaired) electrons. The SMILES string of the molecule is Nc1c(C(=O)NCCc2ccccc2)sc2nnccc12. The number of aromatic nitrogens is 2. The second kappa shape index (κ2) is 5.88. The summed E-state index contributed by atoms with van der Waals surface area (Å²) >= 11 is 1.27. The maximum Gasteiger partial charge on any atom is 0.263 e. The molecule has 106 valence electrons. The predicted octanol–water partition coefficient (Wildman–Crippen LogP) is 2.25. The van der Waals surface area contributed by atoms with E-state index in [9.17, 15) is 4.79 Å². The van der Waals surface area contributed by atoms with Gasteiger partial charge in [0.1, 0.15) is 9.71 Å². The van der Waals surface area contributed by atoms with Crippen molar-refractivity contribution in [3.05, 3.63) is 53.0 Å². The molecule has 2 aromatic heterocycles. The number of hydrogen-bond acceptors (Lipinski definition) is 5. The van der Waals surface area contributed by atoms with Gasteiger partial charge in [0, 0.05) is 11.9 Å². The summed E-state index contributed by atoms with van der Waals surface area (Å²) in [5.41, 5.74) is 7.67. The third-order valence-corrected chi connectivity index (χ3v) is 4.27. The first kappa shape index (κ1) is 13.5. The Hall–Kier alpha value is -2.47. The molecule has 0 saturated carbocycles. The molecule has 0 aliphatic heterocycles. The van der Waals surface area contributed by atoms with Gasteiger partial charge in [0.05, 0.1) is 11.9 Å². The summed E-state index contributed by atoms with van der Waals surface area (Å²) in [6, 6.07) is 11.8. The van der Waals surface area contributed by atoms with Crippen molar-refractivity contribution in [1.82, 2.24) is 15.5 Å². The van der Waals surface area contributed by atoms with Crippen LogP contribution in [0.2, 0.25) is 0 Å². The van der Waals surface area contributed by atoms with Gasteiger partial charge in [0.2, 0.25) is 0 Å². The predicted molar refractivity (Wildman–Crippen MR) is 84.3 cm³/mol. The van der Waals surface area contributed by atoms with Gasteiger partial charge in [0.15, 0.2) is 0 Å². The first-order valence-electron chi connectivity index (χ1n) is 6.57. The van der Waals surface area contributed by atoms with Crippen LogP contribution in [0.4, 0.5) is 5.69 Å². The molecule has 3 aromatic rings. The average molecular weight is 298 g/mol. The monoisotopic (exact) mass is 298 g/mol. The molecule has 1 amide bonds. The molecule has 0 atom stereocenters. The van der Waals surface area contributed by atoms with Gasteiger partial charge in [-0.25, -0.2) is 0 Å². The van der Waals surface area contributed by atoms with Gasteiger partial charge in [-0.2, -0.15) is 5.10 Å². The van der Waals surface area contributed by atoms with Crippen LogP contribution in [0.1, 0.15) is 15.2 Å². The Labute approximate surface area is 125 Å². The van der Waals surface area contributed by atoms with Crippen LogP contribution in [0.5, 0.6) is 0 Å². The van der Waals surface area contributed by atoms with Crippen molar-refractivity contribution in [1.29, 1.82) is 0 Å². The van der Waals surface area contributed by atoms with Crippen molar-refractivity contribution in [2.24, 2.45) is 0 Å². The Bertz CT molecular complexity index is 770. The van der Waals surface area contributed by atoms with Gasteiger partial charge in [-0.3, -0.25) is 4.79 Å². The molecule has 0 fully saturated rings. The molecule has 5 nitrogen and oxygen atoms in total. The number of nitrogen functional groups attached to an aromatic ring is 1. The number of carbonyl (C=O) groups is 1. The summed E-state index contributed by atoms with van der Waals surface area (Å²) in [6.45, 7) is 0.572. The largest absolute Gasteiger partial charge is 0.397 e. The zero-order chi connectivity index (χ0) is 14.7. The van der Waals surface area contributed by atoms with Gasteiger partial charge < -0.3 is 11.1 Å². The normalized spacial score (nSPS) is 10.7. The Morgan fingerprint density at radius 3 is 2.81 bits per heavy atom. The number of benzene rings is 1. The van der Waals surface area contributed by atoms with E-state index in [0.29, 0.717) is 21.9 Å². The van der Waals surface area contributed by atoms with Crippen LogP contribution in [-0.2, 0) is 6.42 Å². The van der Waals surface area contributed by atoms with E-state index in [1.807, 2.05) is 30.3 Å². The lowest BCUT2D eigenvalue weighted by Gasteiger charge is -2.04. The summed E-state index contributed by atoms with van der Waals surface area (Å²) in [5.74, 6) is -0.161. The number of thiophene rings is 1. The Balaban J connectivity index is 1.68. The van der Waals surface area contributed by atoms with Crippen LogP contribution in [-0.4, -0.2) is 22.6 Å². The molecule has 0 aliphatic rings. The molecule has 3 N–H and O–H groups in total. The second-order valence-electron chi connectivity index (χ2n) is 4.59. The van der Waals surface area contributed by atoms with Crippen LogP contribution in [0, 0.1) is 0 Å². The number of fused-ring (bicyclic) bond motifs is 1. The van der Waals surface area contributed by atoms with Crippen molar-refractivity contribution in [2.45, 2.75) is 6.42 Å². The fourth-order valence-corrected chi connectivity index (χ4v) is 3.04. The smallest absolute Gasteiger partial charge is 0.263 e. The van der Waals surface area contributed by atoms with Gasteiger partial charge >= 0.3 is 0 Å². The summed E-state index contributed by atoms with van der Waals surface area (Å²) < 4.78 is 0. The molecule has 21 heavy (non-hydrogen) atoms. The van der Waals surface area contributed by atoms with Crippen molar-refractivity contribution in [3.8, 4) is 0 Å². The minimum Gasteiger partial charge on any atom is -0.397 e. The molecule has 0 bridgehead atoms. The van der Waals surface area contributed by atoms with Crippen molar-refractivity contribution in [3.63, 3.8) is 0 Å². The molecule has 1 aromatic carbocycles. The quantitative estimate of drug-likeness (QED) is 0.774. The molecular formula is C15H14N4OS. The van der Waals surface area contributed by atoms with E-state index in [4.69, 9.17) is 5.73 Å². The van der Waals surface area contributed by atoms with Gasteiger partial charge in [-0.05, 0) is 18.1 Å². The summed E-state index contributed by atoms with van der Waals surface area (Å²) in [5, 5.41) is 11.5. The van der Waals surface area contributed by atoms with Crippen LogP contribution < -0.4 is 11.1 Å². The Kier molecular flexibility index (Phi) is 3.79. The topological polar surface area (TPSA) is 80.9 Å². The lowest BCUT2D eigenvalue weighted by molar-refractivity contribution is 0.0959. The van der Waals surface area contributed by atoms with Crippen molar-refractivity contribution < 1.29 is 4.79 Å². The summed E-state index contributed by atoms with van der Waals surface area (Å²) in [7, 11) is 0. The first-order chi connectivity index (χ1) is 10.3. The average Bonchev–Trinajstić information content (AvgIpc) is 2.86. The molecule has 0 unspecified atom stereocenters. The minimum atomic E-state index is -0.161. The van der Waals surface area contributed by atoms with Crippen LogP contribution in [0.25, 0.3) is 10.2 Å². The molecular weight excluding hydrogens is 284 g/mol. The van der Waals surface area contributed by atoms with E-state index in [2.05, 4.69) is 15.5 Å². The van der Waals surface area contributed by atoms with E-state index in [1.165, 1.54) is 16.9 Å². The third kappa shape index (κ3) is 2.85. The molecule has 0 saturated heterocycles. The first-order valence-corrected chi connectivity index (χ1v) is 7.39.